The van der Waals surface area contributed by atoms with Crippen molar-refractivity contribution in [2.75, 3.05) is 19.6 Å². The first-order chi connectivity index (χ1) is 9.43. The number of likely N-dealkylation sites (tertiary alicyclic amines) is 1. The molecule has 0 aromatic carbocycles. The van der Waals surface area contributed by atoms with Gasteiger partial charge in [0.2, 0.25) is 0 Å². The third-order valence-electron chi connectivity index (χ3n) is 5.49. The average Bonchev–Trinajstić information content (AvgIpc) is 3.27. The van der Waals surface area contributed by atoms with Crippen LogP contribution in [0.15, 0.2) is 0 Å². The molecule has 2 nitrogen and oxygen atoms in total. The number of fused-ring (bicyclic) bond motifs is 1. The van der Waals surface area contributed by atoms with Crippen LogP contribution in [0, 0.1) is 5.92 Å². The minimum Gasteiger partial charge on any atom is -0.314 e. The molecule has 1 heterocycles. The lowest BCUT2D eigenvalue weighted by atomic mass is 9.78. The molecule has 1 aliphatic heterocycles. The maximum atomic E-state index is 3.63. The van der Waals surface area contributed by atoms with Crippen LogP contribution < -0.4 is 5.32 Å². The second-order valence-corrected chi connectivity index (χ2v) is 7.08. The standard InChI is InChI=1S/C17H32N2/c1(4-12-18-16-10-11-16)5-13-19-14-6-8-15-7-2-3-9-17(15)19/h15-18H,1-14H2/t15-,17-/m1/s1. The number of hydrogen-bond acceptors (Lipinski definition) is 2. The summed E-state index contributed by atoms with van der Waals surface area (Å²) in [5, 5.41) is 3.63. The quantitative estimate of drug-likeness (QED) is 0.707. The van der Waals surface area contributed by atoms with Gasteiger partial charge in [0.1, 0.15) is 0 Å². The lowest BCUT2D eigenvalue weighted by molar-refractivity contribution is 0.0596. The van der Waals surface area contributed by atoms with E-state index < -0.39 is 0 Å². The predicted molar refractivity (Wildman–Crippen MR) is 81.4 cm³/mol. The predicted octanol–water partition coefficient (Wildman–Crippen LogP) is 3.56. The molecular formula is C17H32N2. The van der Waals surface area contributed by atoms with Gasteiger partial charge >= 0.3 is 0 Å². The molecule has 0 unspecified atom stereocenters. The molecule has 0 aromatic rings. The molecule has 2 heteroatoms. The van der Waals surface area contributed by atoms with Crippen LogP contribution in [0.2, 0.25) is 0 Å². The molecule has 2 saturated carbocycles. The molecule has 3 rings (SSSR count). The van der Waals surface area contributed by atoms with Crippen LogP contribution in [0.1, 0.15) is 70.6 Å². The van der Waals surface area contributed by atoms with Gasteiger partial charge in [0.05, 0.1) is 0 Å². The van der Waals surface area contributed by atoms with Gasteiger partial charge in [-0.2, -0.15) is 0 Å². The largest absolute Gasteiger partial charge is 0.314 e. The van der Waals surface area contributed by atoms with E-state index in [-0.39, 0.29) is 0 Å². The Morgan fingerprint density at radius 3 is 2.58 bits per heavy atom. The third kappa shape index (κ3) is 4.19. The molecule has 2 atom stereocenters. The van der Waals surface area contributed by atoms with Gasteiger partial charge < -0.3 is 10.2 Å². The van der Waals surface area contributed by atoms with Crippen molar-refractivity contribution >= 4 is 0 Å². The molecule has 2 aliphatic carbocycles. The monoisotopic (exact) mass is 264 g/mol. The van der Waals surface area contributed by atoms with E-state index in [4.69, 9.17) is 0 Å². The van der Waals surface area contributed by atoms with E-state index in [2.05, 4.69) is 10.2 Å². The maximum Gasteiger partial charge on any atom is 0.0123 e. The van der Waals surface area contributed by atoms with Crippen LogP contribution in [-0.4, -0.2) is 36.6 Å². The maximum absolute atomic E-state index is 3.63. The van der Waals surface area contributed by atoms with Crippen molar-refractivity contribution in [3.63, 3.8) is 0 Å². The minimum atomic E-state index is 0.894. The average molecular weight is 264 g/mol. The van der Waals surface area contributed by atoms with E-state index >= 15 is 0 Å². The summed E-state index contributed by atoms with van der Waals surface area (Å²) in [7, 11) is 0. The first-order valence-corrected chi connectivity index (χ1v) is 8.91. The van der Waals surface area contributed by atoms with E-state index in [1.54, 1.807) is 0 Å². The second kappa shape index (κ2) is 7.08. The van der Waals surface area contributed by atoms with Crippen molar-refractivity contribution in [1.82, 2.24) is 10.2 Å². The van der Waals surface area contributed by atoms with Crippen molar-refractivity contribution in [1.29, 1.82) is 0 Å². The zero-order chi connectivity index (χ0) is 12.9. The minimum absolute atomic E-state index is 0.894. The fourth-order valence-corrected chi connectivity index (χ4v) is 4.22. The molecule has 3 fully saturated rings. The van der Waals surface area contributed by atoms with Crippen molar-refractivity contribution in [3.05, 3.63) is 0 Å². The summed E-state index contributed by atoms with van der Waals surface area (Å²) < 4.78 is 0. The molecule has 1 N–H and O–H groups in total. The molecule has 0 amide bonds. The Labute approximate surface area is 119 Å². The van der Waals surface area contributed by atoms with Crippen molar-refractivity contribution < 1.29 is 0 Å². The Balaban J connectivity index is 1.29. The first kappa shape index (κ1) is 13.9. The number of hydrogen-bond donors (Lipinski definition) is 1. The highest BCUT2D eigenvalue weighted by Crippen LogP contribution is 2.35. The van der Waals surface area contributed by atoms with Crippen LogP contribution in [0.25, 0.3) is 0 Å². The number of unbranched alkanes of at least 4 members (excludes halogenated alkanes) is 2. The summed E-state index contributed by atoms with van der Waals surface area (Å²) in [6, 6.07) is 1.86. The third-order valence-corrected chi connectivity index (χ3v) is 5.49. The first-order valence-electron chi connectivity index (χ1n) is 8.91. The Hall–Kier alpha value is -0.0800. The summed E-state index contributed by atoms with van der Waals surface area (Å²) in [5.74, 6) is 1.05. The molecule has 0 bridgehead atoms. The zero-order valence-corrected chi connectivity index (χ0v) is 12.6. The number of nitrogens with zero attached hydrogens (tertiary/aromatic N) is 1. The number of piperidine rings is 1. The molecule has 0 radical (unpaired) electrons. The molecule has 3 aliphatic rings. The van der Waals surface area contributed by atoms with Gasteiger partial charge in [0, 0.05) is 12.1 Å². The number of nitrogens with one attached hydrogen (secondary N) is 1. The van der Waals surface area contributed by atoms with Gasteiger partial charge in [-0.15, -0.1) is 0 Å². The van der Waals surface area contributed by atoms with Gasteiger partial charge in [0.25, 0.3) is 0 Å². The summed E-state index contributed by atoms with van der Waals surface area (Å²) >= 11 is 0. The molecule has 110 valence electrons. The Bertz CT molecular complexity index is 260. The zero-order valence-electron chi connectivity index (χ0n) is 12.6. The highest BCUT2D eigenvalue weighted by atomic mass is 15.2. The van der Waals surface area contributed by atoms with Crippen molar-refractivity contribution in [2.24, 2.45) is 5.92 Å². The molecule has 0 spiro atoms. The summed E-state index contributed by atoms with van der Waals surface area (Å²) in [6.45, 7) is 4.03. The molecule has 19 heavy (non-hydrogen) atoms. The van der Waals surface area contributed by atoms with Gasteiger partial charge in [0.15, 0.2) is 0 Å². The topological polar surface area (TPSA) is 15.3 Å². The van der Waals surface area contributed by atoms with Gasteiger partial charge in [-0.25, -0.2) is 0 Å². The van der Waals surface area contributed by atoms with Crippen LogP contribution in [0.3, 0.4) is 0 Å². The molecule has 0 aromatic heterocycles. The number of rotatable bonds is 7. The smallest absolute Gasteiger partial charge is 0.0123 e. The highest BCUT2D eigenvalue weighted by molar-refractivity contribution is 4.87. The van der Waals surface area contributed by atoms with E-state index in [9.17, 15) is 0 Å². The highest BCUT2D eigenvalue weighted by Gasteiger charge is 2.32. The lowest BCUT2D eigenvalue weighted by Gasteiger charge is -2.44. The Morgan fingerprint density at radius 2 is 1.68 bits per heavy atom. The van der Waals surface area contributed by atoms with E-state index in [1.807, 2.05) is 0 Å². The van der Waals surface area contributed by atoms with E-state index in [1.165, 1.54) is 90.3 Å². The van der Waals surface area contributed by atoms with Crippen molar-refractivity contribution in [2.45, 2.75) is 82.7 Å². The Kier molecular flexibility index (Phi) is 5.17. The molecular weight excluding hydrogens is 232 g/mol. The fourth-order valence-electron chi connectivity index (χ4n) is 4.22. The summed E-state index contributed by atoms with van der Waals surface area (Å²) in [6.07, 6.45) is 16.1. The van der Waals surface area contributed by atoms with Gasteiger partial charge in [-0.1, -0.05) is 19.3 Å². The Morgan fingerprint density at radius 1 is 0.842 bits per heavy atom. The van der Waals surface area contributed by atoms with Crippen LogP contribution >= 0.6 is 0 Å². The van der Waals surface area contributed by atoms with Crippen molar-refractivity contribution in [3.8, 4) is 0 Å². The van der Waals surface area contributed by atoms with Gasteiger partial charge in [-0.05, 0) is 76.9 Å². The van der Waals surface area contributed by atoms with Gasteiger partial charge in [-0.3, -0.25) is 0 Å². The lowest BCUT2D eigenvalue weighted by Crippen LogP contribution is -2.47. The van der Waals surface area contributed by atoms with Crippen LogP contribution in [0.4, 0.5) is 0 Å². The molecule has 1 saturated heterocycles. The van der Waals surface area contributed by atoms with E-state index in [0.717, 1.165) is 18.0 Å². The normalized spacial score (nSPS) is 32.2. The second-order valence-electron chi connectivity index (χ2n) is 7.08. The van der Waals surface area contributed by atoms with E-state index in [0.29, 0.717) is 0 Å². The SMILES string of the molecule is C(CCNC1CC1)CCN1CCC[C@H]2CCCC[C@H]21. The van der Waals surface area contributed by atoms with Crippen LogP contribution in [-0.2, 0) is 0 Å². The fraction of sp³-hybridized carbons (Fsp3) is 1.00. The van der Waals surface area contributed by atoms with Crippen LogP contribution in [0.5, 0.6) is 0 Å². The summed E-state index contributed by atoms with van der Waals surface area (Å²) in [5.41, 5.74) is 0. The summed E-state index contributed by atoms with van der Waals surface area (Å²) in [4.78, 5) is 2.85.